The predicted octanol–water partition coefficient (Wildman–Crippen LogP) is 5.13. The van der Waals surface area contributed by atoms with E-state index in [0.717, 1.165) is 70.5 Å². The Morgan fingerprint density at radius 2 is 1.30 bits per heavy atom. The lowest BCUT2D eigenvalue weighted by molar-refractivity contribution is 0.0600. The summed E-state index contributed by atoms with van der Waals surface area (Å²) in [6.45, 7) is 8.03. The van der Waals surface area contributed by atoms with E-state index in [1.54, 1.807) is 18.2 Å². The molecule has 0 spiro atoms. The number of carboxylic acids is 1. The number of aromatic carboxylic acids is 1. The molecule has 0 bridgehead atoms. The van der Waals surface area contributed by atoms with E-state index in [-0.39, 0.29) is 5.97 Å². The molecule has 8 heteroatoms. The van der Waals surface area contributed by atoms with E-state index >= 15 is 0 Å². The lowest BCUT2D eigenvalue weighted by atomic mass is 10.1. The zero-order chi connectivity index (χ0) is 24.1. The van der Waals surface area contributed by atoms with E-state index in [9.17, 15) is 9.59 Å². The predicted molar refractivity (Wildman–Crippen MR) is 128 cm³/mol. The Bertz CT molecular complexity index is 1300. The molecular formula is C25H30N4O4. The maximum Gasteiger partial charge on any atom is 0.337 e. The molecule has 0 saturated heterocycles. The molecule has 8 nitrogen and oxygen atoms in total. The molecule has 3 N–H and O–H groups in total. The number of ether oxygens (including phenoxy) is 1. The number of nitrogens with zero attached hydrogens (tertiary/aromatic N) is 2. The fourth-order valence-corrected chi connectivity index (χ4v) is 3.75. The first-order chi connectivity index (χ1) is 15.8. The van der Waals surface area contributed by atoms with Crippen LogP contribution in [0.4, 0.5) is 0 Å². The molecule has 4 rings (SSSR count). The number of aromatic amines is 2. The molecule has 4 aromatic rings. The quantitative estimate of drug-likeness (QED) is 0.350. The Morgan fingerprint density at radius 1 is 0.848 bits per heavy atom. The number of hydrogen-bond acceptors (Lipinski definition) is 5. The van der Waals surface area contributed by atoms with Crippen LogP contribution in [0.25, 0.3) is 22.1 Å². The van der Waals surface area contributed by atoms with E-state index in [4.69, 9.17) is 9.84 Å². The maximum absolute atomic E-state index is 11.5. The fourth-order valence-electron chi connectivity index (χ4n) is 3.75. The molecule has 0 aliphatic rings. The largest absolute Gasteiger partial charge is 0.478 e. The minimum Gasteiger partial charge on any atom is -0.478 e. The van der Waals surface area contributed by atoms with Gasteiger partial charge in [0, 0.05) is 12.8 Å². The molecule has 0 saturated carbocycles. The van der Waals surface area contributed by atoms with Gasteiger partial charge in [0.15, 0.2) is 0 Å². The first-order valence-corrected chi connectivity index (χ1v) is 11.1. The molecule has 2 aromatic heterocycles. The molecule has 0 aliphatic heterocycles. The van der Waals surface area contributed by atoms with Crippen molar-refractivity contribution in [2.45, 2.75) is 53.4 Å². The third-order valence-electron chi connectivity index (χ3n) is 5.29. The number of H-pyrrole nitrogens is 2. The Balaban J connectivity index is 0.000000186. The van der Waals surface area contributed by atoms with Crippen molar-refractivity contribution in [1.82, 2.24) is 19.9 Å². The Labute approximate surface area is 192 Å². The summed E-state index contributed by atoms with van der Waals surface area (Å²) in [6.07, 6.45) is 3.87. The van der Waals surface area contributed by atoms with Crippen LogP contribution >= 0.6 is 0 Å². The molecule has 2 heterocycles. The van der Waals surface area contributed by atoms with Gasteiger partial charge in [0.05, 0.1) is 40.3 Å². The number of rotatable bonds is 6. The average Bonchev–Trinajstić information content (AvgIpc) is 3.38. The Hall–Kier alpha value is -3.68. The molecule has 0 aliphatic carbocycles. The van der Waals surface area contributed by atoms with Gasteiger partial charge in [0.1, 0.15) is 11.6 Å². The van der Waals surface area contributed by atoms with Gasteiger partial charge >= 0.3 is 11.9 Å². The van der Waals surface area contributed by atoms with E-state index in [0.29, 0.717) is 11.1 Å². The number of nitrogens with one attached hydrogen (secondary N) is 2. The van der Waals surface area contributed by atoms with Crippen LogP contribution < -0.4 is 0 Å². The summed E-state index contributed by atoms with van der Waals surface area (Å²) in [7, 11) is 1.39. The lowest BCUT2D eigenvalue weighted by Gasteiger charge is -2.01. The molecule has 0 atom stereocenters. The summed E-state index contributed by atoms with van der Waals surface area (Å²) in [5.74, 6) is 0.661. The van der Waals surface area contributed by atoms with Crippen LogP contribution in [0, 0.1) is 13.8 Å². The van der Waals surface area contributed by atoms with Crippen molar-refractivity contribution < 1.29 is 19.4 Å². The van der Waals surface area contributed by atoms with Gasteiger partial charge in [-0.15, -0.1) is 0 Å². The molecular weight excluding hydrogens is 420 g/mol. The molecule has 33 heavy (non-hydrogen) atoms. The summed E-state index contributed by atoms with van der Waals surface area (Å²) in [6, 6.07) is 6.89. The molecule has 2 aromatic carbocycles. The summed E-state index contributed by atoms with van der Waals surface area (Å²) < 4.78 is 4.72. The summed E-state index contributed by atoms with van der Waals surface area (Å²) in [5.41, 5.74) is 6.25. The summed E-state index contributed by atoms with van der Waals surface area (Å²) in [5, 5.41) is 8.94. The number of hydrogen-bond donors (Lipinski definition) is 3. The molecule has 0 amide bonds. The van der Waals surface area contributed by atoms with Crippen LogP contribution in [0.1, 0.15) is 70.2 Å². The third kappa shape index (κ3) is 5.39. The molecule has 0 radical (unpaired) electrons. The van der Waals surface area contributed by atoms with Crippen molar-refractivity contribution in [3.8, 4) is 0 Å². The van der Waals surface area contributed by atoms with Crippen molar-refractivity contribution in [3.63, 3.8) is 0 Å². The number of carbonyl (C=O) groups is 2. The number of methoxy groups -OCH3 is 1. The van der Waals surface area contributed by atoms with Crippen LogP contribution in [0.15, 0.2) is 24.3 Å². The maximum atomic E-state index is 11.5. The highest BCUT2D eigenvalue weighted by Gasteiger charge is 2.12. The van der Waals surface area contributed by atoms with Crippen LogP contribution in [-0.4, -0.2) is 44.1 Å². The number of esters is 1. The van der Waals surface area contributed by atoms with Crippen molar-refractivity contribution >= 4 is 34.0 Å². The van der Waals surface area contributed by atoms with E-state index in [1.807, 2.05) is 19.9 Å². The average molecular weight is 451 g/mol. The monoisotopic (exact) mass is 450 g/mol. The first-order valence-electron chi connectivity index (χ1n) is 11.1. The van der Waals surface area contributed by atoms with Crippen molar-refractivity contribution in [3.05, 3.63) is 58.2 Å². The molecule has 0 unspecified atom stereocenters. The molecule has 0 fully saturated rings. The fraction of sp³-hybridized carbons (Fsp3) is 0.360. The first kappa shape index (κ1) is 24.0. The van der Waals surface area contributed by atoms with Crippen molar-refractivity contribution in [1.29, 1.82) is 0 Å². The van der Waals surface area contributed by atoms with Crippen molar-refractivity contribution in [2.24, 2.45) is 0 Å². The summed E-state index contributed by atoms with van der Waals surface area (Å²) in [4.78, 5) is 37.8. The third-order valence-corrected chi connectivity index (χ3v) is 5.29. The number of imidazole rings is 2. The van der Waals surface area contributed by atoms with E-state index in [2.05, 4.69) is 33.8 Å². The van der Waals surface area contributed by atoms with Gasteiger partial charge in [-0.3, -0.25) is 0 Å². The van der Waals surface area contributed by atoms with E-state index < -0.39 is 5.97 Å². The molecule has 174 valence electrons. The Morgan fingerprint density at radius 3 is 1.73 bits per heavy atom. The van der Waals surface area contributed by atoms with Gasteiger partial charge in [0.2, 0.25) is 0 Å². The minimum absolute atomic E-state index is 0.302. The lowest BCUT2D eigenvalue weighted by Crippen LogP contribution is -2.01. The van der Waals surface area contributed by atoms with Gasteiger partial charge < -0.3 is 19.8 Å². The SMILES string of the molecule is CCCc1nc2c(C)cc(C(=O)O)cc2[nH]1.CCCc1nc2c(C)cc(C(=O)OC)cc2[nH]1. The minimum atomic E-state index is -0.906. The van der Waals surface area contributed by atoms with Gasteiger partial charge in [-0.1, -0.05) is 13.8 Å². The topological polar surface area (TPSA) is 121 Å². The van der Waals surface area contributed by atoms with Gasteiger partial charge in [-0.25, -0.2) is 19.6 Å². The number of aromatic nitrogens is 4. The number of carboxylic acid groups (broad SMARTS) is 1. The second-order valence-corrected chi connectivity index (χ2v) is 8.04. The van der Waals surface area contributed by atoms with Crippen molar-refractivity contribution in [2.75, 3.05) is 7.11 Å². The second kappa shape index (κ2) is 10.3. The number of aryl methyl sites for hydroxylation is 4. The smallest absolute Gasteiger partial charge is 0.337 e. The van der Waals surface area contributed by atoms with Gasteiger partial charge in [-0.05, 0) is 62.1 Å². The zero-order valence-corrected chi connectivity index (χ0v) is 19.7. The van der Waals surface area contributed by atoms with Gasteiger partial charge in [-0.2, -0.15) is 0 Å². The van der Waals surface area contributed by atoms with Crippen LogP contribution in [-0.2, 0) is 17.6 Å². The summed E-state index contributed by atoms with van der Waals surface area (Å²) >= 11 is 0. The normalized spacial score (nSPS) is 10.8. The van der Waals surface area contributed by atoms with E-state index in [1.165, 1.54) is 7.11 Å². The highest BCUT2D eigenvalue weighted by atomic mass is 16.5. The van der Waals surface area contributed by atoms with Gasteiger partial charge in [0.25, 0.3) is 0 Å². The Kier molecular flexibility index (Phi) is 7.48. The number of benzene rings is 2. The van der Waals surface area contributed by atoms with Crippen LogP contribution in [0.5, 0.6) is 0 Å². The number of fused-ring (bicyclic) bond motifs is 2. The second-order valence-electron chi connectivity index (χ2n) is 8.04. The standard InChI is InChI=1S/C13H16N2O2.C12H14N2O2/c1-4-5-11-14-10-7-9(13(16)17-3)6-8(2)12(10)15-11;1-3-4-10-13-9-6-8(12(15)16)5-7(2)11(9)14-10/h6-7H,4-5H2,1-3H3,(H,14,15);5-6H,3-4H2,1-2H3,(H,13,14)(H,15,16). The zero-order valence-electron chi connectivity index (χ0n) is 19.7. The highest BCUT2D eigenvalue weighted by molar-refractivity contribution is 5.95. The van der Waals surface area contributed by atoms with Crippen LogP contribution in [0.2, 0.25) is 0 Å². The number of carbonyl (C=O) groups excluding carboxylic acids is 1. The van der Waals surface area contributed by atoms with Crippen LogP contribution in [0.3, 0.4) is 0 Å². The highest BCUT2D eigenvalue weighted by Crippen LogP contribution is 2.20.